The first-order chi connectivity index (χ1) is 19.0. The molecular weight excluding hydrogens is 532 g/mol. The number of esters is 1. The zero-order valence-electron chi connectivity index (χ0n) is 20.9. The maximum atomic E-state index is 12.7. The SMILES string of the molecule is Cc1ccc(COc2ccc(C(=O)N/N=C/c3cccc(OC(=O)c4sc5ccccc5c4Cl)c3)cc2)cc1. The minimum absolute atomic E-state index is 0.338. The minimum Gasteiger partial charge on any atom is -0.489 e. The van der Waals surface area contributed by atoms with E-state index in [-0.39, 0.29) is 5.91 Å². The molecule has 0 atom stereocenters. The van der Waals surface area contributed by atoms with Crippen molar-refractivity contribution in [3.63, 3.8) is 0 Å². The average molecular weight is 555 g/mol. The lowest BCUT2D eigenvalue weighted by molar-refractivity contribution is 0.0739. The summed E-state index contributed by atoms with van der Waals surface area (Å²) in [6.07, 6.45) is 1.47. The summed E-state index contributed by atoms with van der Waals surface area (Å²) in [5.41, 5.74) is 5.85. The van der Waals surface area contributed by atoms with Gasteiger partial charge in [0.2, 0.25) is 0 Å². The predicted molar refractivity (Wildman–Crippen MR) is 155 cm³/mol. The summed E-state index contributed by atoms with van der Waals surface area (Å²) >= 11 is 7.68. The average Bonchev–Trinajstić information content (AvgIpc) is 3.30. The molecule has 0 unspecified atom stereocenters. The van der Waals surface area contributed by atoms with Gasteiger partial charge in [0.25, 0.3) is 5.91 Å². The highest BCUT2D eigenvalue weighted by atomic mass is 35.5. The van der Waals surface area contributed by atoms with Gasteiger partial charge in [0.1, 0.15) is 23.0 Å². The molecule has 1 aromatic heterocycles. The summed E-state index contributed by atoms with van der Waals surface area (Å²) in [5, 5.41) is 5.23. The topological polar surface area (TPSA) is 77.0 Å². The van der Waals surface area contributed by atoms with Gasteiger partial charge in [0.05, 0.1) is 11.2 Å². The van der Waals surface area contributed by atoms with Gasteiger partial charge in [-0.3, -0.25) is 4.79 Å². The largest absolute Gasteiger partial charge is 0.489 e. The zero-order chi connectivity index (χ0) is 27.2. The highest BCUT2D eigenvalue weighted by molar-refractivity contribution is 7.21. The first-order valence-corrected chi connectivity index (χ1v) is 13.3. The van der Waals surface area contributed by atoms with Crippen molar-refractivity contribution in [2.24, 2.45) is 5.10 Å². The van der Waals surface area contributed by atoms with Crippen LogP contribution in [-0.2, 0) is 6.61 Å². The lowest BCUT2D eigenvalue weighted by Crippen LogP contribution is -2.17. The van der Waals surface area contributed by atoms with Gasteiger partial charge in [-0.15, -0.1) is 11.3 Å². The smallest absolute Gasteiger partial charge is 0.355 e. The summed E-state index contributed by atoms with van der Waals surface area (Å²) in [6.45, 7) is 2.49. The Balaban J connectivity index is 1.15. The van der Waals surface area contributed by atoms with Crippen LogP contribution in [-0.4, -0.2) is 18.1 Å². The lowest BCUT2D eigenvalue weighted by atomic mass is 10.2. The van der Waals surface area contributed by atoms with Gasteiger partial charge >= 0.3 is 5.97 Å². The molecule has 0 bridgehead atoms. The van der Waals surface area contributed by atoms with E-state index >= 15 is 0 Å². The third-order valence-corrected chi connectivity index (χ3v) is 7.47. The molecule has 6 nitrogen and oxygen atoms in total. The lowest BCUT2D eigenvalue weighted by Gasteiger charge is -2.07. The van der Waals surface area contributed by atoms with E-state index in [1.165, 1.54) is 23.1 Å². The second kappa shape index (κ2) is 11.9. The van der Waals surface area contributed by atoms with Gasteiger partial charge < -0.3 is 9.47 Å². The van der Waals surface area contributed by atoms with Crippen LogP contribution in [0.25, 0.3) is 10.1 Å². The zero-order valence-corrected chi connectivity index (χ0v) is 22.5. The third-order valence-electron chi connectivity index (χ3n) is 5.81. The van der Waals surface area contributed by atoms with Gasteiger partial charge in [0.15, 0.2) is 0 Å². The highest BCUT2D eigenvalue weighted by Gasteiger charge is 2.19. The number of fused-ring (bicyclic) bond motifs is 1. The van der Waals surface area contributed by atoms with Crippen LogP contribution in [0.1, 0.15) is 36.7 Å². The van der Waals surface area contributed by atoms with Crippen molar-refractivity contribution in [2.45, 2.75) is 13.5 Å². The predicted octanol–water partition coefficient (Wildman–Crippen LogP) is 7.43. The number of hydrogen-bond donors (Lipinski definition) is 1. The molecule has 194 valence electrons. The summed E-state index contributed by atoms with van der Waals surface area (Å²) in [6, 6.07) is 29.3. The second-order valence-corrected chi connectivity index (χ2v) is 10.1. The van der Waals surface area contributed by atoms with Gasteiger partial charge in [-0.2, -0.15) is 5.10 Å². The number of nitrogens with zero attached hydrogens (tertiary/aromatic N) is 1. The Morgan fingerprint density at radius 1 is 0.923 bits per heavy atom. The molecule has 0 fully saturated rings. The normalized spacial score (nSPS) is 11.0. The molecule has 1 heterocycles. The van der Waals surface area contributed by atoms with Crippen LogP contribution in [0.3, 0.4) is 0 Å². The van der Waals surface area contributed by atoms with Crippen LogP contribution in [0.5, 0.6) is 11.5 Å². The molecule has 5 aromatic rings. The van der Waals surface area contributed by atoms with E-state index in [4.69, 9.17) is 21.1 Å². The Labute approximate surface area is 234 Å². The van der Waals surface area contributed by atoms with E-state index in [9.17, 15) is 9.59 Å². The van der Waals surface area contributed by atoms with Crippen LogP contribution in [0, 0.1) is 6.92 Å². The minimum atomic E-state index is -0.533. The molecule has 0 radical (unpaired) electrons. The third kappa shape index (κ3) is 6.52. The molecule has 0 aliphatic rings. The number of hydrogen-bond acceptors (Lipinski definition) is 6. The molecule has 5 rings (SSSR count). The van der Waals surface area contributed by atoms with E-state index < -0.39 is 5.97 Å². The molecule has 0 spiro atoms. The molecule has 1 amide bonds. The van der Waals surface area contributed by atoms with E-state index in [0.29, 0.717) is 39.1 Å². The van der Waals surface area contributed by atoms with Crippen molar-refractivity contribution in [2.75, 3.05) is 0 Å². The van der Waals surface area contributed by atoms with Crippen LogP contribution in [0.2, 0.25) is 5.02 Å². The monoisotopic (exact) mass is 554 g/mol. The highest BCUT2D eigenvalue weighted by Crippen LogP contribution is 2.35. The van der Waals surface area contributed by atoms with Crippen LogP contribution >= 0.6 is 22.9 Å². The Kier molecular flexibility index (Phi) is 8.01. The standard InChI is InChI=1S/C31H23ClN2O4S/c1-20-9-11-21(12-10-20)19-37-24-15-13-23(14-16-24)30(35)34-33-18-22-5-4-6-25(17-22)38-31(36)29-28(32)26-7-2-3-8-27(26)39-29/h2-18H,19H2,1H3,(H,34,35)/b33-18+. The van der Waals surface area contributed by atoms with Gasteiger partial charge in [-0.1, -0.05) is 71.8 Å². The number of amides is 1. The molecule has 39 heavy (non-hydrogen) atoms. The number of halogens is 1. The molecule has 0 aliphatic carbocycles. The molecule has 0 saturated heterocycles. The Morgan fingerprint density at radius 2 is 1.69 bits per heavy atom. The number of benzene rings is 4. The Hall–Kier alpha value is -4.46. The van der Waals surface area contributed by atoms with Gasteiger partial charge in [-0.25, -0.2) is 10.2 Å². The van der Waals surface area contributed by atoms with E-state index in [1.54, 1.807) is 48.5 Å². The van der Waals surface area contributed by atoms with Crippen molar-refractivity contribution in [1.82, 2.24) is 5.43 Å². The molecule has 0 aliphatic heterocycles. The summed E-state index contributed by atoms with van der Waals surface area (Å²) in [4.78, 5) is 25.6. The molecule has 4 aromatic carbocycles. The maximum absolute atomic E-state index is 12.7. The molecule has 1 N–H and O–H groups in total. The number of carbonyl (C=O) groups is 2. The molecule has 8 heteroatoms. The van der Waals surface area contributed by atoms with E-state index in [1.807, 2.05) is 55.5 Å². The van der Waals surface area contributed by atoms with Crippen molar-refractivity contribution in [1.29, 1.82) is 0 Å². The van der Waals surface area contributed by atoms with Crippen molar-refractivity contribution >= 4 is 51.1 Å². The number of hydrazone groups is 1. The number of ether oxygens (including phenoxy) is 2. The van der Waals surface area contributed by atoms with Crippen molar-refractivity contribution in [3.05, 3.63) is 129 Å². The number of aryl methyl sites for hydroxylation is 1. The fraction of sp³-hybridized carbons (Fsp3) is 0.0645. The van der Waals surface area contributed by atoms with E-state index in [0.717, 1.165) is 15.6 Å². The van der Waals surface area contributed by atoms with Crippen LogP contribution in [0.4, 0.5) is 0 Å². The fourth-order valence-electron chi connectivity index (χ4n) is 3.74. The number of rotatable bonds is 8. The van der Waals surface area contributed by atoms with Gasteiger partial charge in [-0.05, 0) is 60.5 Å². The molecular formula is C31H23ClN2O4S. The summed E-state index contributed by atoms with van der Waals surface area (Å²) < 4.78 is 12.2. The van der Waals surface area contributed by atoms with Crippen molar-refractivity contribution in [3.8, 4) is 11.5 Å². The summed E-state index contributed by atoms with van der Waals surface area (Å²) in [7, 11) is 0. The first kappa shape index (κ1) is 26.2. The maximum Gasteiger partial charge on any atom is 0.355 e. The van der Waals surface area contributed by atoms with Crippen LogP contribution in [0.15, 0.2) is 102 Å². The van der Waals surface area contributed by atoms with Crippen LogP contribution < -0.4 is 14.9 Å². The fourth-order valence-corrected chi connectivity index (χ4v) is 5.13. The quantitative estimate of drug-likeness (QED) is 0.0936. The summed E-state index contributed by atoms with van der Waals surface area (Å²) in [5.74, 6) is 0.108. The number of nitrogens with one attached hydrogen (secondary N) is 1. The first-order valence-electron chi connectivity index (χ1n) is 12.1. The van der Waals surface area contributed by atoms with Crippen molar-refractivity contribution < 1.29 is 19.1 Å². The second-order valence-electron chi connectivity index (χ2n) is 8.70. The number of carbonyl (C=O) groups excluding carboxylic acids is 2. The Morgan fingerprint density at radius 3 is 2.46 bits per heavy atom. The van der Waals surface area contributed by atoms with E-state index in [2.05, 4.69) is 10.5 Å². The Bertz CT molecular complexity index is 1660. The number of thiophene rings is 1. The van der Waals surface area contributed by atoms with Gasteiger partial charge in [0, 0.05) is 15.6 Å². The molecule has 0 saturated carbocycles.